The molecule has 0 amide bonds. The second kappa shape index (κ2) is 10.4. The van der Waals surface area contributed by atoms with E-state index in [-0.39, 0.29) is 18.6 Å². The Morgan fingerprint density at radius 1 is 1.00 bits per heavy atom. The molecule has 0 aliphatic carbocycles. The largest absolute Gasteiger partial charge is 0.494 e. The van der Waals surface area contributed by atoms with Crippen LogP contribution >= 0.6 is 11.3 Å². The van der Waals surface area contributed by atoms with Crippen LogP contribution in [-0.2, 0) is 6.42 Å². The molecule has 0 atom stereocenters. The lowest BCUT2D eigenvalue weighted by Crippen LogP contribution is -2.47. The lowest BCUT2D eigenvalue weighted by Gasteiger charge is -2.24. The van der Waals surface area contributed by atoms with Gasteiger partial charge in [-0.05, 0) is 55.2 Å². The van der Waals surface area contributed by atoms with Crippen LogP contribution in [0.4, 0.5) is 0 Å². The molecule has 0 bridgehead atoms. The molecule has 4 N–H and O–H groups in total. The fourth-order valence-corrected chi connectivity index (χ4v) is 4.56. The molecule has 0 saturated carbocycles. The number of hydrogen-bond acceptors (Lipinski definition) is 6. The molecule has 6 heteroatoms. The molecule has 0 spiro atoms. The Balaban J connectivity index is 1.81. The highest BCUT2D eigenvalue weighted by Crippen LogP contribution is 2.28. The summed E-state index contributed by atoms with van der Waals surface area (Å²) in [7, 11) is 0. The van der Waals surface area contributed by atoms with Gasteiger partial charge in [0.2, 0.25) is 0 Å². The maximum absolute atomic E-state index is 13.0. The molecule has 162 valence electrons. The van der Waals surface area contributed by atoms with Crippen molar-refractivity contribution in [2.24, 2.45) is 5.73 Å². The van der Waals surface area contributed by atoms with Crippen molar-refractivity contribution in [2.75, 3.05) is 19.8 Å². The van der Waals surface area contributed by atoms with Gasteiger partial charge in [-0.15, -0.1) is 11.3 Å². The minimum atomic E-state index is -0.988. The van der Waals surface area contributed by atoms with Gasteiger partial charge in [0.05, 0.1) is 25.4 Å². The number of hydrogen-bond donors (Lipinski definition) is 3. The van der Waals surface area contributed by atoms with Crippen LogP contribution in [-0.4, -0.2) is 35.6 Å². The number of aliphatic hydroxyl groups excluding tert-OH is 2. The Bertz CT molecular complexity index is 1040. The van der Waals surface area contributed by atoms with Crippen LogP contribution in [0.25, 0.3) is 20.2 Å². The molecule has 0 unspecified atom stereocenters. The summed E-state index contributed by atoms with van der Waals surface area (Å²) in [4.78, 5) is 13.0. The number of nitrogens with two attached hydrogens (primary N) is 1. The first-order chi connectivity index (χ1) is 14.5. The van der Waals surface area contributed by atoms with E-state index in [9.17, 15) is 15.0 Å². The zero-order valence-corrected chi connectivity index (χ0v) is 18.3. The molecule has 0 aliphatic rings. The lowest BCUT2D eigenvalue weighted by molar-refractivity contribution is 0.115. The second-order valence-electron chi connectivity index (χ2n) is 8.01. The molecule has 0 fully saturated rings. The van der Waals surface area contributed by atoms with E-state index >= 15 is 0 Å². The summed E-state index contributed by atoms with van der Waals surface area (Å²) >= 11 is 1.58. The molecule has 2 aromatic carbocycles. The lowest BCUT2D eigenvalue weighted by atomic mass is 9.94. The third-order valence-corrected chi connectivity index (χ3v) is 6.65. The highest BCUT2D eigenvalue weighted by Gasteiger charge is 2.22. The quantitative estimate of drug-likeness (QED) is 0.317. The summed E-state index contributed by atoms with van der Waals surface area (Å²) < 4.78 is 7.70. The average molecular weight is 430 g/mol. The normalized spacial score (nSPS) is 12.0. The Kier molecular flexibility index (Phi) is 7.83. The van der Waals surface area contributed by atoms with Gasteiger partial charge in [-0.2, -0.15) is 0 Å². The van der Waals surface area contributed by atoms with Crippen LogP contribution < -0.4 is 15.9 Å². The first-order valence-corrected chi connectivity index (χ1v) is 11.4. The Morgan fingerprint density at radius 3 is 2.53 bits per heavy atom. The smallest absolute Gasteiger partial charge is 0.196 e. The first kappa shape index (κ1) is 22.7. The zero-order chi connectivity index (χ0) is 21.6. The fourth-order valence-electron chi connectivity index (χ4n) is 3.44. The molecule has 30 heavy (non-hydrogen) atoms. The van der Waals surface area contributed by atoms with Gasteiger partial charge in [-0.1, -0.05) is 32.3 Å². The van der Waals surface area contributed by atoms with E-state index in [0.29, 0.717) is 30.2 Å². The van der Waals surface area contributed by atoms with Crippen molar-refractivity contribution < 1.29 is 14.9 Å². The third kappa shape index (κ3) is 5.38. The summed E-state index contributed by atoms with van der Waals surface area (Å²) in [5.41, 5.74) is 6.02. The summed E-state index contributed by atoms with van der Waals surface area (Å²) in [6.07, 6.45) is 5.68. The van der Waals surface area contributed by atoms with E-state index in [1.54, 1.807) is 11.3 Å². The number of ether oxygens (including phenoxy) is 1. The van der Waals surface area contributed by atoms with Crippen molar-refractivity contribution in [3.05, 3.63) is 52.2 Å². The molecule has 5 nitrogen and oxygen atoms in total. The van der Waals surface area contributed by atoms with E-state index in [4.69, 9.17) is 10.5 Å². The van der Waals surface area contributed by atoms with E-state index in [2.05, 4.69) is 6.92 Å². The maximum atomic E-state index is 13.0. The van der Waals surface area contributed by atoms with Gasteiger partial charge in [-0.25, -0.2) is 0 Å². The molecular formula is C24H31NO4S. The molecule has 0 saturated heterocycles. The zero-order valence-electron chi connectivity index (χ0n) is 17.5. The minimum absolute atomic E-state index is 0.0145. The van der Waals surface area contributed by atoms with E-state index < -0.39 is 5.54 Å². The summed E-state index contributed by atoms with van der Waals surface area (Å²) in [5, 5.41) is 20.1. The number of benzene rings is 2. The summed E-state index contributed by atoms with van der Waals surface area (Å²) in [6.45, 7) is 2.32. The molecule has 1 aromatic heterocycles. The van der Waals surface area contributed by atoms with Crippen molar-refractivity contribution >= 4 is 31.5 Å². The molecule has 0 aliphatic heterocycles. The van der Waals surface area contributed by atoms with Crippen molar-refractivity contribution in [1.82, 2.24) is 0 Å². The second-order valence-corrected chi connectivity index (χ2v) is 9.09. The minimum Gasteiger partial charge on any atom is -0.494 e. The summed E-state index contributed by atoms with van der Waals surface area (Å²) in [5.74, 6) is 0.742. The van der Waals surface area contributed by atoms with Crippen molar-refractivity contribution in [2.45, 2.75) is 51.0 Å². The van der Waals surface area contributed by atoms with Gasteiger partial charge in [0, 0.05) is 20.2 Å². The standard InChI is InChI=1S/C24H31NO4S/c1-2-3-4-5-12-29-18-7-9-21-20(14-18)23(28)19-8-6-17(13-22(19)30-21)10-11-24(25,15-26)16-27/h6-9,13-14,26-27H,2-5,10-12,15-16,25H2,1H3. The van der Waals surface area contributed by atoms with Crippen LogP contribution in [0, 0.1) is 0 Å². The predicted octanol–water partition coefficient (Wildman–Crippen LogP) is 3.99. The van der Waals surface area contributed by atoms with E-state index in [0.717, 1.165) is 33.6 Å². The van der Waals surface area contributed by atoms with E-state index in [1.165, 1.54) is 12.8 Å². The molecular weight excluding hydrogens is 398 g/mol. The summed E-state index contributed by atoms with van der Waals surface area (Å²) in [6, 6.07) is 11.5. The van der Waals surface area contributed by atoms with Crippen LogP contribution in [0.3, 0.4) is 0 Å². The topological polar surface area (TPSA) is 92.8 Å². The van der Waals surface area contributed by atoms with Crippen LogP contribution in [0.5, 0.6) is 5.75 Å². The Labute approximate surface area is 181 Å². The van der Waals surface area contributed by atoms with Gasteiger partial charge in [0.15, 0.2) is 5.43 Å². The van der Waals surface area contributed by atoms with Crippen molar-refractivity contribution in [3.8, 4) is 5.75 Å². The third-order valence-electron chi connectivity index (χ3n) is 5.51. The molecule has 0 radical (unpaired) electrons. The first-order valence-electron chi connectivity index (χ1n) is 10.6. The van der Waals surface area contributed by atoms with Gasteiger partial charge < -0.3 is 20.7 Å². The van der Waals surface area contributed by atoms with Crippen LogP contribution in [0.1, 0.15) is 44.6 Å². The number of unbranched alkanes of at least 4 members (excludes halogenated alkanes) is 3. The average Bonchev–Trinajstić information content (AvgIpc) is 2.77. The highest BCUT2D eigenvalue weighted by atomic mass is 32.1. The highest BCUT2D eigenvalue weighted by molar-refractivity contribution is 7.24. The number of fused-ring (bicyclic) bond motifs is 2. The van der Waals surface area contributed by atoms with Crippen molar-refractivity contribution in [3.63, 3.8) is 0 Å². The maximum Gasteiger partial charge on any atom is 0.196 e. The predicted molar refractivity (Wildman–Crippen MR) is 125 cm³/mol. The number of aliphatic hydroxyl groups is 2. The molecule has 3 aromatic rings. The molecule has 1 heterocycles. The van der Waals surface area contributed by atoms with E-state index in [1.807, 2.05) is 36.4 Å². The van der Waals surface area contributed by atoms with Gasteiger partial charge >= 0.3 is 0 Å². The van der Waals surface area contributed by atoms with Gasteiger partial charge in [-0.3, -0.25) is 4.79 Å². The fraction of sp³-hybridized carbons (Fsp3) is 0.458. The SMILES string of the molecule is CCCCCCOc1ccc2sc3cc(CCC(N)(CO)CO)ccc3c(=O)c2c1. The van der Waals surface area contributed by atoms with Crippen LogP contribution in [0.15, 0.2) is 41.2 Å². The monoisotopic (exact) mass is 429 g/mol. The van der Waals surface area contributed by atoms with Crippen LogP contribution in [0.2, 0.25) is 0 Å². The number of aryl methyl sites for hydroxylation is 1. The van der Waals surface area contributed by atoms with Crippen molar-refractivity contribution in [1.29, 1.82) is 0 Å². The molecule has 3 rings (SSSR count). The number of rotatable bonds is 11. The Morgan fingerprint density at radius 2 is 1.80 bits per heavy atom. The van der Waals surface area contributed by atoms with Gasteiger partial charge in [0.25, 0.3) is 0 Å². The van der Waals surface area contributed by atoms with Gasteiger partial charge in [0.1, 0.15) is 5.75 Å². The Hall–Kier alpha value is -1.99.